The molecule has 0 N–H and O–H groups in total. The van der Waals surface area contributed by atoms with Gasteiger partial charge in [0, 0.05) is 32.7 Å². The van der Waals surface area contributed by atoms with E-state index in [1.54, 1.807) is 37.3 Å². The van der Waals surface area contributed by atoms with Crippen LogP contribution in [0.25, 0.3) is 0 Å². The molecule has 0 spiro atoms. The summed E-state index contributed by atoms with van der Waals surface area (Å²) in [4.78, 5) is 23.9. The Bertz CT molecular complexity index is 639. The van der Waals surface area contributed by atoms with Crippen LogP contribution in [0.4, 0.5) is 0 Å². The highest BCUT2D eigenvalue weighted by Gasteiger charge is 2.32. The first kappa shape index (κ1) is 16.6. The number of rotatable bonds is 3. The van der Waals surface area contributed by atoms with E-state index in [4.69, 9.17) is 9.47 Å². The first-order chi connectivity index (χ1) is 11.7. The summed E-state index contributed by atoms with van der Waals surface area (Å²) in [7, 11) is 5.23. The summed E-state index contributed by atoms with van der Waals surface area (Å²) in [6.07, 6.45) is 0. The lowest BCUT2D eigenvalue weighted by Gasteiger charge is -2.36. The number of benzene rings is 1. The molecule has 2 heterocycles. The molecule has 2 aliphatic rings. The Morgan fingerprint density at radius 2 is 1.83 bits per heavy atom. The maximum Gasteiger partial charge on any atom is 0.264 e. The van der Waals surface area contributed by atoms with Gasteiger partial charge in [0.1, 0.15) is 0 Å². The Labute approximate surface area is 142 Å². The normalized spacial score (nSPS) is 18.5. The van der Waals surface area contributed by atoms with Crippen molar-refractivity contribution in [1.29, 1.82) is 0 Å². The fourth-order valence-electron chi connectivity index (χ4n) is 3.11. The zero-order valence-corrected chi connectivity index (χ0v) is 14.5. The first-order valence-corrected chi connectivity index (χ1v) is 8.16. The fourth-order valence-corrected chi connectivity index (χ4v) is 3.11. The molecule has 0 bridgehead atoms. The Morgan fingerprint density at radius 1 is 1.08 bits per heavy atom. The SMILES string of the molecule is COc1cccc(C(=O)N2CCN=C2N2CCN(C)CC2)c1OC. The molecule has 0 unspecified atom stereocenters. The highest BCUT2D eigenvalue weighted by atomic mass is 16.5. The third-order valence-corrected chi connectivity index (χ3v) is 4.48. The molecule has 7 nitrogen and oxygen atoms in total. The topological polar surface area (TPSA) is 57.6 Å². The summed E-state index contributed by atoms with van der Waals surface area (Å²) in [5.74, 6) is 1.70. The van der Waals surface area contributed by atoms with E-state index in [0.717, 1.165) is 32.1 Å². The molecule has 0 aromatic heterocycles. The molecule has 130 valence electrons. The van der Waals surface area contributed by atoms with Crippen molar-refractivity contribution in [3.8, 4) is 11.5 Å². The zero-order valence-electron chi connectivity index (χ0n) is 14.5. The van der Waals surface area contributed by atoms with Crippen molar-refractivity contribution in [3.05, 3.63) is 23.8 Å². The number of likely N-dealkylation sites (N-methyl/N-ethyl adjacent to an activating group) is 1. The summed E-state index contributed by atoms with van der Waals surface area (Å²) in [6.45, 7) is 4.95. The van der Waals surface area contributed by atoms with Crippen LogP contribution in [0.1, 0.15) is 10.4 Å². The third kappa shape index (κ3) is 3.03. The maximum absolute atomic E-state index is 13.1. The minimum Gasteiger partial charge on any atom is -0.493 e. The molecule has 0 saturated carbocycles. The molecule has 24 heavy (non-hydrogen) atoms. The average Bonchev–Trinajstić information content (AvgIpc) is 3.10. The summed E-state index contributed by atoms with van der Waals surface area (Å²) < 4.78 is 10.7. The van der Waals surface area contributed by atoms with Crippen LogP contribution in [0.15, 0.2) is 23.2 Å². The molecule has 1 amide bonds. The standard InChI is InChI=1S/C17H24N4O3/c1-19-9-11-20(12-10-19)17-18-7-8-21(17)16(22)13-5-4-6-14(23-2)15(13)24-3/h4-6H,7-12H2,1-3H3. The van der Waals surface area contributed by atoms with Crippen LogP contribution in [0.2, 0.25) is 0 Å². The average molecular weight is 332 g/mol. The minimum atomic E-state index is -0.0964. The second kappa shape index (κ2) is 7.09. The fraction of sp³-hybridized carbons (Fsp3) is 0.529. The van der Waals surface area contributed by atoms with Gasteiger partial charge in [0.25, 0.3) is 5.91 Å². The molecule has 1 aromatic carbocycles. The van der Waals surface area contributed by atoms with E-state index in [0.29, 0.717) is 30.2 Å². The largest absolute Gasteiger partial charge is 0.493 e. The van der Waals surface area contributed by atoms with Crippen molar-refractivity contribution in [2.75, 3.05) is 60.5 Å². The number of hydrogen-bond donors (Lipinski definition) is 0. The van der Waals surface area contributed by atoms with E-state index in [1.165, 1.54) is 0 Å². The number of aliphatic imine (C=N–C) groups is 1. The highest BCUT2D eigenvalue weighted by Crippen LogP contribution is 2.32. The number of carbonyl (C=O) groups excluding carboxylic acids is 1. The molecule has 3 rings (SSSR count). The van der Waals surface area contributed by atoms with Crippen LogP contribution < -0.4 is 9.47 Å². The van der Waals surface area contributed by atoms with Crippen LogP contribution in [0.5, 0.6) is 11.5 Å². The van der Waals surface area contributed by atoms with Crippen molar-refractivity contribution in [2.24, 2.45) is 4.99 Å². The van der Waals surface area contributed by atoms with E-state index in [2.05, 4.69) is 21.8 Å². The number of piperazine rings is 1. The van der Waals surface area contributed by atoms with Gasteiger partial charge in [0.2, 0.25) is 5.96 Å². The van der Waals surface area contributed by atoms with E-state index in [-0.39, 0.29) is 5.91 Å². The van der Waals surface area contributed by atoms with Crippen LogP contribution in [0, 0.1) is 0 Å². The number of nitrogens with zero attached hydrogens (tertiary/aromatic N) is 4. The number of ether oxygens (including phenoxy) is 2. The summed E-state index contributed by atoms with van der Waals surface area (Å²) >= 11 is 0. The predicted molar refractivity (Wildman–Crippen MR) is 92.0 cm³/mol. The highest BCUT2D eigenvalue weighted by molar-refractivity contribution is 6.08. The van der Waals surface area contributed by atoms with Crippen molar-refractivity contribution in [2.45, 2.75) is 0 Å². The van der Waals surface area contributed by atoms with Crippen molar-refractivity contribution in [3.63, 3.8) is 0 Å². The van der Waals surface area contributed by atoms with Gasteiger partial charge in [0.15, 0.2) is 11.5 Å². The molecular weight excluding hydrogens is 308 g/mol. The van der Waals surface area contributed by atoms with E-state index in [1.807, 2.05) is 0 Å². The molecule has 0 aliphatic carbocycles. The van der Waals surface area contributed by atoms with Gasteiger partial charge in [-0.25, -0.2) is 0 Å². The maximum atomic E-state index is 13.1. The second-order valence-corrected chi connectivity index (χ2v) is 5.97. The molecule has 2 aliphatic heterocycles. The molecule has 7 heteroatoms. The van der Waals surface area contributed by atoms with Gasteiger partial charge >= 0.3 is 0 Å². The Hall–Kier alpha value is -2.28. The van der Waals surface area contributed by atoms with E-state index < -0.39 is 0 Å². The van der Waals surface area contributed by atoms with Gasteiger partial charge in [-0.05, 0) is 19.2 Å². The zero-order chi connectivity index (χ0) is 17.1. The van der Waals surface area contributed by atoms with Crippen LogP contribution >= 0.6 is 0 Å². The van der Waals surface area contributed by atoms with Crippen LogP contribution in [-0.2, 0) is 0 Å². The van der Waals surface area contributed by atoms with Crippen molar-refractivity contribution >= 4 is 11.9 Å². The molecule has 1 aromatic rings. The molecule has 1 saturated heterocycles. The van der Waals surface area contributed by atoms with Crippen LogP contribution in [-0.4, -0.2) is 87.1 Å². The monoisotopic (exact) mass is 332 g/mol. The van der Waals surface area contributed by atoms with Crippen molar-refractivity contribution < 1.29 is 14.3 Å². The number of amides is 1. The lowest BCUT2D eigenvalue weighted by Crippen LogP contribution is -2.52. The second-order valence-electron chi connectivity index (χ2n) is 5.97. The Balaban J connectivity index is 1.83. The van der Waals surface area contributed by atoms with Gasteiger partial charge in [-0.1, -0.05) is 6.07 Å². The predicted octanol–water partition coefficient (Wildman–Crippen LogP) is 0.763. The number of methoxy groups -OCH3 is 2. The molecule has 0 radical (unpaired) electrons. The van der Waals surface area contributed by atoms with E-state index in [9.17, 15) is 4.79 Å². The summed E-state index contributed by atoms with van der Waals surface area (Å²) in [6, 6.07) is 5.36. The molecule has 0 atom stereocenters. The lowest BCUT2D eigenvalue weighted by molar-refractivity contribution is 0.0832. The number of hydrogen-bond acceptors (Lipinski definition) is 6. The van der Waals surface area contributed by atoms with Crippen LogP contribution in [0.3, 0.4) is 0 Å². The number of carbonyl (C=O) groups is 1. The lowest BCUT2D eigenvalue weighted by atomic mass is 10.1. The van der Waals surface area contributed by atoms with Gasteiger partial charge in [-0.2, -0.15) is 0 Å². The first-order valence-electron chi connectivity index (χ1n) is 8.16. The third-order valence-electron chi connectivity index (χ3n) is 4.48. The quantitative estimate of drug-likeness (QED) is 0.818. The van der Waals surface area contributed by atoms with Crippen molar-refractivity contribution in [1.82, 2.24) is 14.7 Å². The Morgan fingerprint density at radius 3 is 2.50 bits per heavy atom. The van der Waals surface area contributed by atoms with Gasteiger partial charge < -0.3 is 19.3 Å². The van der Waals surface area contributed by atoms with Gasteiger partial charge in [-0.15, -0.1) is 0 Å². The van der Waals surface area contributed by atoms with E-state index >= 15 is 0 Å². The molecular formula is C17H24N4O3. The summed E-state index contributed by atoms with van der Waals surface area (Å²) in [5.41, 5.74) is 0.501. The number of guanidine groups is 1. The summed E-state index contributed by atoms with van der Waals surface area (Å²) in [5, 5.41) is 0. The minimum absolute atomic E-state index is 0.0964. The number of para-hydroxylation sites is 1. The Kier molecular flexibility index (Phi) is 4.89. The van der Waals surface area contributed by atoms with Gasteiger partial charge in [-0.3, -0.25) is 14.7 Å². The smallest absolute Gasteiger partial charge is 0.264 e. The van der Waals surface area contributed by atoms with Gasteiger partial charge in [0.05, 0.1) is 26.3 Å². The molecule has 1 fully saturated rings.